The first-order valence-corrected chi connectivity index (χ1v) is 13.0. The lowest BCUT2D eigenvalue weighted by molar-refractivity contribution is -0.0306. The summed E-state index contributed by atoms with van der Waals surface area (Å²) in [6, 6.07) is 6.79. The zero-order valence-corrected chi connectivity index (χ0v) is 19.7. The fourth-order valence-electron chi connectivity index (χ4n) is 6.09. The second-order valence-electron chi connectivity index (χ2n) is 9.44. The Morgan fingerprint density at radius 3 is 2.33 bits per heavy atom. The van der Waals surface area contributed by atoms with Crippen LogP contribution in [0.2, 0.25) is 0 Å². The third kappa shape index (κ3) is 3.74. The van der Waals surface area contributed by atoms with Crippen LogP contribution in [0.3, 0.4) is 0 Å². The van der Waals surface area contributed by atoms with Gasteiger partial charge < -0.3 is 10.5 Å². The molecule has 2 saturated carbocycles. The number of ketones is 2. The maximum atomic E-state index is 13.5. The van der Waals surface area contributed by atoms with E-state index in [0.29, 0.717) is 27.7 Å². The highest BCUT2D eigenvalue weighted by Gasteiger charge is 2.45. The number of ether oxygens (including phenoxy) is 1. The Labute approximate surface area is 198 Å². The number of nitrogens with two attached hydrogens (primary N) is 1. The van der Waals surface area contributed by atoms with Gasteiger partial charge in [0.25, 0.3) is 0 Å². The lowest BCUT2D eigenvalue weighted by atomic mass is 9.70. The van der Waals surface area contributed by atoms with E-state index in [1.54, 1.807) is 24.3 Å². The first kappa shape index (κ1) is 22.4. The van der Waals surface area contributed by atoms with Gasteiger partial charge in [0.05, 0.1) is 28.5 Å². The molecule has 0 heterocycles. The summed E-state index contributed by atoms with van der Waals surface area (Å²) in [6.45, 7) is 1.95. The van der Waals surface area contributed by atoms with Gasteiger partial charge in [0.1, 0.15) is 12.0 Å². The Bertz CT molecular complexity index is 1130. The van der Waals surface area contributed by atoms with Crippen molar-refractivity contribution in [2.24, 2.45) is 17.6 Å². The van der Waals surface area contributed by atoms with Crippen LogP contribution < -0.4 is 5.73 Å². The summed E-state index contributed by atoms with van der Waals surface area (Å²) in [7, 11) is 0. The molecule has 33 heavy (non-hydrogen) atoms. The summed E-state index contributed by atoms with van der Waals surface area (Å²) >= 11 is 1.37. The minimum Gasteiger partial charge on any atom is -0.399 e. The van der Waals surface area contributed by atoms with E-state index in [1.165, 1.54) is 37.4 Å². The Hall–Kier alpha value is -2.40. The van der Waals surface area contributed by atoms with Crippen molar-refractivity contribution in [3.63, 3.8) is 0 Å². The number of fused-ring (bicyclic) bond motifs is 3. The fraction of sp³-hybridized carbons (Fsp3) is 0.481. The van der Waals surface area contributed by atoms with Crippen LogP contribution in [0.25, 0.3) is 0 Å². The quantitative estimate of drug-likeness (QED) is 0.646. The van der Waals surface area contributed by atoms with Gasteiger partial charge in [-0.3, -0.25) is 9.59 Å². The van der Waals surface area contributed by atoms with Crippen LogP contribution >= 0.6 is 11.8 Å². The van der Waals surface area contributed by atoms with E-state index in [-0.39, 0.29) is 40.1 Å². The molecule has 0 radical (unpaired) electrons. The highest BCUT2D eigenvalue weighted by Crippen LogP contribution is 2.46. The van der Waals surface area contributed by atoms with Crippen LogP contribution in [0, 0.1) is 11.8 Å². The molecule has 172 valence electrons. The second-order valence-corrected chi connectivity index (χ2v) is 10.7. The molecule has 4 atom stereocenters. The number of carbonyl (C=O) groups excluding carboxylic acids is 3. The van der Waals surface area contributed by atoms with Gasteiger partial charge in [0.2, 0.25) is 0 Å². The molecule has 0 aliphatic heterocycles. The summed E-state index contributed by atoms with van der Waals surface area (Å²) in [5, 5.41) is 0. The molecule has 2 N–H and O–H groups in total. The molecule has 4 aliphatic carbocycles. The van der Waals surface area contributed by atoms with E-state index in [2.05, 4.69) is 0 Å². The number of benzene rings is 1. The summed E-state index contributed by atoms with van der Waals surface area (Å²) in [4.78, 5) is 39.6. The molecule has 0 saturated heterocycles. The van der Waals surface area contributed by atoms with Crippen molar-refractivity contribution in [1.82, 2.24) is 0 Å². The third-order valence-corrected chi connectivity index (χ3v) is 8.65. The number of hydrogen-bond donors (Lipinski definition) is 1. The van der Waals surface area contributed by atoms with E-state index in [0.717, 1.165) is 25.2 Å². The predicted molar refractivity (Wildman–Crippen MR) is 129 cm³/mol. The van der Waals surface area contributed by atoms with Crippen molar-refractivity contribution >= 4 is 29.3 Å². The van der Waals surface area contributed by atoms with E-state index in [4.69, 9.17) is 10.5 Å². The van der Waals surface area contributed by atoms with Crippen LogP contribution in [0.15, 0.2) is 51.6 Å². The van der Waals surface area contributed by atoms with Crippen molar-refractivity contribution in [3.05, 3.63) is 62.7 Å². The zero-order valence-electron chi connectivity index (χ0n) is 18.9. The summed E-state index contributed by atoms with van der Waals surface area (Å²) < 4.78 is 6.50. The molecule has 5 rings (SSSR count). The second kappa shape index (κ2) is 9.09. The van der Waals surface area contributed by atoms with Crippen LogP contribution in [0.4, 0.5) is 0 Å². The molecular weight excluding hydrogens is 434 g/mol. The maximum Gasteiger partial charge on any atom is 0.196 e. The standard InChI is InChI=1S/C27H29NO4S/c1-2-33-27-20(14-29)26(32-17-12-11-15-7-3-4-8-16(15)13-17)23(28)21-22(27)25(31)19-10-6-5-9-18(19)24(21)30/h5-6,9-10,15-17,26H,2-4,7-8,11-13,28H2,1H3. The predicted octanol–water partition coefficient (Wildman–Crippen LogP) is 4.80. The SMILES string of the molecule is CCSC1=C2C(=O)c3ccccc3C(=O)C2=C(N)C(OC2CCC3CCCCC3C2)C1=C=O. The van der Waals surface area contributed by atoms with E-state index in [9.17, 15) is 14.4 Å². The van der Waals surface area contributed by atoms with Gasteiger partial charge in [-0.05, 0) is 36.9 Å². The molecule has 6 heteroatoms. The topological polar surface area (TPSA) is 86.5 Å². The first-order chi connectivity index (χ1) is 16.0. The van der Waals surface area contributed by atoms with Gasteiger partial charge in [0.15, 0.2) is 11.6 Å². The lowest BCUT2D eigenvalue weighted by Crippen LogP contribution is -2.40. The number of rotatable bonds is 4. The highest BCUT2D eigenvalue weighted by molar-refractivity contribution is 8.03. The Kier molecular flexibility index (Phi) is 6.17. The molecular formula is C27H29NO4S. The molecule has 5 nitrogen and oxygen atoms in total. The average molecular weight is 464 g/mol. The molecule has 1 aromatic carbocycles. The number of hydrogen-bond acceptors (Lipinski definition) is 6. The normalized spacial score (nSPS) is 29.4. The smallest absolute Gasteiger partial charge is 0.196 e. The summed E-state index contributed by atoms with van der Waals surface area (Å²) in [5.41, 5.74) is 8.11. The van der Waals surface area contributed by atoms with Gasteiger partial charge >= 0.3 is 0 Å². The first-order valence-electron chi connectivity index (χ1n) is 12.0. The zero-order chi connectivity index (χ0) is 23.1. The van der Waals surface area contributed by atoms with Gasteiger partial charge in [-0.1, -0.05) is 56.9 Å². The van der Waals surface area contributed by atoms with Crippen molar-refractivity contribution < 1.29 is 19.1 Å². The largest absolute Gasteiger partial charge is 0.399 e. The average Bonchev–Trinajstić information content (AvgIpc) is 2.84. The lowest BCUT2D eigenvalue weighted by Gasteiger charge is -2.41. The van der Waals surface area contributed by atoms with Crippen LogP contribution in [0.1, 0.15) is 72.6 Å². The van der Waals surface area contributed by atoms with Crippen LogP contribution in [-0.4, -0.2) is 35.5 Å². The Morgan fingerprint density at radius 1 is 1.00 bits per heavy atom. The van der Waals surface area contributed by atoms with Crippen molar-refractivity contribution in [2.45, 2.75) is 64.1 Å². The molecule has 0 spiro atoms. The fourth-order valence-corrected chi connectivity index (χ4v) is 7.02. The summed E-state index contributed by atoms with van der Waals surface area (Å²) in [6.07, 6.45) is 7.25. The number of thioether (sulfide) groups is 1. The van der Waals surface area contributed by atoms with E-state index < -0.39 is 6.10 Å². The highest BCUT2D eigenvalue weighted by atomic mass is 32.2. The van der Waals surface area contributed by atoms with Crippen LogP contribution in [0.5, 0.6) is 0 Å². The number of carbonyl (C=O) groups is 2. The van der Waals surface area contributed by atoms with Gasteiger partial charge in [-0.15, -0.1) is 11.8 Å². The molecule has 1 aromatic rings. The Balaban J connectivity index is 1.55. The van der Waals surface area contributed by atoms with Gasteiger partial charge in [-0.25, -0.2) is 4.79 Å². The van der Waals surface area contributed by atoms with Crippen molar-refractivity contribution in [1.29, 1.82) is 0 Å². The van der Waals surface area contributed by atoms with Gasteiger partial charge in [-0.2, -0.15) is 0 Å². The monoisotopic (exact) mass is 463 g/mol. The van der Waals surface area contributed by atoms with Crippen molar-refractivity contribution in [2.75, 3.05) is 5.75 Å². The molecule has 4 unspecified atom stereocenters. The number of Topliss-reactive ketones (excluding diaryl/α,β-unsaturated/α-hetero) is 2. The van der Waals surface area contributed by atoms with Gasteiger partial charge in [0, 0.05) is 16.0 Å². The maximum absolute atomic E-state index is 13.5. The molecule has 0 amide bonds. The minimum absolute atomic E-state index is 0.0204. The summed E-state index contributed by atoms with van der Waals surface area (Å²) in [5.74, 6) is 3.56. The van der Waals surface area contributed by atoms with Crippen molar-refractivity contribution in [3.8, 4) is 0 Å². The molecule has 2 fully saturated rings. The van der Waals surface area contributed by atoms with E-state index in [1.807, 2.05) is 12.9 Å². The molecule has 4 aliphatic rings. The third-order valence-electron chi connectivity index (χ3n) is 7.64. The van der Waals surface area contributed by atoms with Crippen LogP contribution in [-0.2, 0) is 9.53 Å². The molecule has 0 aromatic heterocycles. The minimum atomic E-state index is -0.845. The van der Waals surface area contributed by atoms with E-state index >= 15 is 0 Å². The molecule has 0 bridgehead atoms. The Morgan fingerprint density at radius 2 is 1.67 bits per heavy atom. The number of allylic oxidation sites excluding steroid dienone is 2.